The summed E-state index contributed by atoms with van der Waals surface area (Å²) in [6, 6.07) is 16.1. The summed E-state index contributed by atoms with van der Waals surface area (Å²) >= 11 is 0. The van der Waals surface area contributed by atoms with Gasteiger partial charge in [-0.1, -0.05) is 35.9 Å². The standard InChI is InChI=1S/C17H20N2O/c1-12-6-4-7-14(10-12)13(2)19-16-9-5-8-15(11-16)17(20)18-3/h4-11,13,19H,1-3H3,(H,18,20). The van der Waals surface area contributed by atoms with Crippen molar-refractivity contribution in [1.82, 2.24) is 5.32 Å². The number of carbonyl (C=O) groups is 1. The Morgan fingerprint density at radius 1 is 1.10 bits per heavy atom. The van der Waals surface area contributed by atoms with Crippen molar-refractivity contribution >= 4 is 11.6 Å². The minimum Gasteiger partial charge on any atom is -0.379 e. The van der Waals surface area contributed by atoms with E-state index in [0.29, 0.717) is 5.56 Å². The lowest BCUT2D eigenvalue weighted by molar-refractivity contribution is 0.0963. The van der Waals surface area contributed by atoms with Crippen molar-refractivity contribution in [2.24, 2.45) is 0 Å². The molecule has 0 bridgehead atoms. The summed E-state index contributed by atoms with van der Waals surface area (Å²) in [5, 5.41) is 6.06. The second-order valence-electron chi connectivity index (χ2n) is 4.94. The highest BCUT2D eigenvalue weighted by atomic mass is 16.1. The van der Waals surface area contributed by atoms with Crippen molar-refractivity contribution in [3.8, 4) is 0 Å². The fourth-order valence-electron chi connectivity index (χ4n) is 2.17. The monoisotopic (exact) mass is 268 g/mol. The second-order valence-corrected chi connectivity index (χ2v) is 4.94. The molecule has 0 aromatic heterocycles. The number of carbonyl (C=O) groups excluding carboxylic acids is 1. The van der Waals surface area contributed by atoms with Crippen LogP contribution in [0.3, 0.4) is 0 Å². The number of benzene rings is 2. The van der Waals surface area contributed by atoms with Crippen LogP contribution in [0.5, 0.6) is 0 Å². The number of nitrogens with one attached hydrogen (secondary N) is 2. The van der Waals surface area contributed by atoms with E-state index in [1.165, 1.54) is 11.1 Å². The first-order valence-electron chi connectivity index (χ1n) is 6.75. The molecule has 20 heavy (non-hydrogen) atoms. The maximum atomic E-state index is 11.6. The van der Waals surface area contributed by atoms with Crippen molar-refractivity contribution in [3.63, 3.8) is 0 Å². The van der Waals surface area contributed by atoms with E-state index in [1.807, 2.05) is 18.2 Å². The topological polar surface area (TPSA) is 41.1 Å². The third-order valence-corrected chi connectivity index (χ3v) is 3.28. The highest BCUT2D eigenvalue weighted by Crippen LogP contribution is 2.20. The highest BCUT2D eigenvalue weighted by Gasteiger charge is 2.07. The predicted octanol–water partition coefficient (Wildman–Crippen LogP) is 3.53. The van der Waals surface area contributed by atoms with Crippen LogP contribution in [0.15, 0.2) is 48.5 Å². The fraction of sp³-hybridized carbons (Fsp3) is 0.235. The molecule has 2 N–H and O–H groups in total. The number of hydrogen-bond donors (Lipinski definition) is 2. The zero-order valence-electron chi connectivity index (χ0n) is 12.1. The van der Waals surface area contributed by atoms with Gasteiger partial charge in [0.2, 0.25) is 0 Å². The van der Waals surface area contributed by atoms with Gasteiger partial charge >= 0.3 is 0 Å². The first-order valence-corrected chi connectivity index (χ1v) is 6.75. The average Bonchev–Trinajstić information content (AvgIpc) is 2.46. The van der Waals surface area contributed by atoms with Gasteiger partial charge in [-0.3, -0.25) is 4.79 Å². The molecule has 3 nitrogen and oxygen atoms in total. The molecule has 0 heterocycles. The third-order valence-electron chi connectivity index (χ3n) is 3.28. The molecule has 3 heteroatoms. The van der Waals surface area contributed by atoms with Crippen LogP contribution in [-0.4, -0.2) is 13.0 Å². The van der Waals surface area contributed by atoms with E-state index in [0.717, 1.165) is 5.69 Å². The lowest BCUT2D eigenvalue weighted by atomic mass is 10.1. The van der Waals surface area contributed by atoms with Gasteiger partial charge in [0.05, 0.1) is 0 Å². The Morgan fingerprint density at radius 2 is 1.85 bits per heavy atom. The number of amides is 1. The summed E-state index contributed by atoms with van der Waals surface area (Å²) in [6.45, 7) is 4.20. The molecule has 104 valence electrons. The van der Waals surface area contributed by atoms with Gasteiger partial charge in [-0.15, -0.1) is 0 Å². The molecule has 1 amide bonds. The van der Waals surface area contributed by atoms with Crippen LogP contribution in [0.25, 0.3) is 0 Å². The smallest absolute Gasteiger partial charge is 0.251 e. The summed E-state index contributed by atoms with van der Waals surface area (Å²) in [6.07, 6.45) is 0. The third kappa shape index (κ3) is 3.38. The normalized spacial score (nSPS) is 11.8. The van der Waals surface area contributed by atoms with Gasteiger partial charge in [0.25, 0.3) is 5.91 Å². The van der Waals surface area contributed by atoms with Gasteiger partial charge in [-0.05, 0) is 37.6 Å². The second kappa shape index (κ2) is 6.24. The largest absolute Gasteiger partial charge is 0.379 e. The van der Waals surface area contributed by atoms with Crippen LogP contribution in [0, 0.1) is 6.92 Å². The molecule has 0 aliphatic rings. The molecule has 2 aromatic rings. The Labute approximate surface area is 120 Å². The van der Waals surface area contributed by atoms with E-state index in [9.17, 15) is 4.79 Å². The van der Waals surface area contributed by atoms with Crippen LogP contribution in [0.2, 0.25) is 0 Å². The quantitative estimate of drug-likeness (QED) is 0.890. The number of aryl methyl sites for hydroxylation is 1. The minimum atomic E-state index is -0.0724. The lowest BCUT2D eigenvalue weighted by Crippen LogP contribution is -2.18. The van der Waals surface area contributed by atoms with E-state index in [-0.39, 0.29) is 11.9 Å². The molecule has 0 radical (unpaired) electrons. The Bertz CT molecular complexity index is 607. The minimum absolute atomic E-state index is 0.0724. The molecule has 0 saturated heterocycles. The molecule has 1 atom stereocenters. The zero-order chi connectivity index (χ0) is 14.5. The number of hydrogen-bond acceptors (Lipinski definition) is 2. The fourth-order valence-corrected chi connectivity index (χ4v) is 2.17. The molecule has 0 spiro atoms. The molecule has 0 aliphatic heterocycles. The lowest BCUT2D eigenvalue weighted by Gasteiger charge is -2.16. The Balaban J connectivity index is 2.15. The maximum absolute atomic E-state index is 11.6. The molecule has 1 unspecified atom stereocenters. The van der Waals surface area contributed by atoms with Crippen LogP contribution in [0.4, 0.5) is 5.69 Å². The summed E-state index contributed by atoms with van der Waals surface area (Å²) in [5.74, 6) is -0.0724. The van der Waals surface area contributed by atoms with Gasteiger partial charge < -0.3 is 10.6 Å². The molecule has 2 rings (SSSR count). The summed E-state index contributed by atoms with van der Waals surface area (Å²) in [4.78, 5) is 11.6. The van der Waals surface area contributed by atoms with Crippen LogP contribution < -0.4 is 10.6 Å². The summed E-state index contributed by atoms with van der Waals surface area (Å²) < 4.78 is 0. The van der Waals surface area contributed by atoms with Gasteiger partial charge in [-0.25, -0.2) is 0 Å². The van der Waals surface area contributed by atoms with Crippen LogP contribution in [0.1, 0.15) is 34.5 Å². The average molecular weight is 268 g/mol. The Morgan fingerprint density at radius 3 is 2.55 bits per heavy atom. The SMILES string of the molecule is CNC(=O)c1cccc(NC(C)c2cccc(C)c2)c1. The number of rotatable bonds is 4. The summed E-state index contributed by atoms with van der Waals surface area (Å²) in [5.41, 5.74) is 4.08. The predicted molar refractivity (Wildman–Crippen MR) is 83.0 cm³/mol. The van der Waals surface area contributed by atoms with Gasteiger partial charge in [-0.2, -0.15) is 0 Å². The van der Waals surface area contributed by atoms with Crippen LogP contribution in [-0.2, 0) is 0 Å². The summed E-state index contributed by atoms with van der Waals surface area (Å²) in [7, 11) is 1.64. The van der Waals surface area contributed by atoms with Gasteiger partial charge in [0.1, 0.15) is 0 Å². The van der Waals surface area contributed by atoms with Gasteiger partial charge in [0.15, 0.2) is 0 Å². The van der Waals surface area contributed by atoms with E-state index in [1.54, 1.807) is 13.1 Å². The van der Waals surface area contributed by atoms with Gasteiger partial charge in [0, 0.05) is 24.3 Å². The van der Waals surface area contributed by atoms with Crippen molar-refractivity contribution < 1.29 is 4.79 Å². The molecular formula is C17H20N2O. The molecule has 0 aliphatic carbocycles. The van der Waals surface area contributed by atoms with E-state index in [4.69, 9.17) is 0 Å². The van der Waals surface area contributed by atoms with Crippen molar-refractivity contribution in [2.75, 3.05) is 12.4 Å². The maximum Gasteiger partial charge on any atom is 0.251 e. The highest BCUT2D eigenvalue weighted by molar-refractivity contribution is 5.94. The Kier molecular flexibility index (Phi) is 4.41. The number of anilines is 1. The van der Waals surface area contributed by atoms with E-state index in [2.05, 4.69) is 48.7 Å². The van der Waals surface area contributed by atoms with Crippen LogP contribution >= 0.6 is 0 Å². The molecule has 0 fully saturated rings. The van der Waals surface area contributed by atoms with E-state index >= 15 is 0 Å². The van der Waals surface area contributed by atoms with E-state index < -0.39 is 0 Å². The molecule has 2 aromatic carbocycles. The van der Waals surface area contributed by atoms with Crippen molar-refractivity contribution in [2.45, 2.75) is 19.9 Å². The Hall–Kier alpha value is -2.29. The van der Waals surface area contributed by atoms with Crippen molar-refractivity contribution in [3.05, 3.63) is 65.2 Å². The molecule has 0 saturated carbocycles. The zero-order valence-corrected chi connectivity index (χ0v) is 12.1. The first kappa shape index (κ1) is 14.1. The molecular weight excluding hydrogens is 248 g/mol. The first-order chi connectivity index (χ1) is 9.60. The van der Waals surface area contributed by atoms with Crippen molar-refractivity contribution in [1.29, 1.82) is 0 Å².